The van der Waals surface area contributed by atoms with Gasteiger partial charge in [0.05, 0.1) is 30.6 Å². The van der Waals surface area contributed by atoms with Crippen LogP contribution in [0.4, 0.5) is 0 Å². The lowest BCUT2D eigenvalue weighted by Crippen LogP contribution is -2.16. The van der Waals surface area contributed by atoms with Crippen LogP contribution in [-0.2, 0) is 4.79 Å². The van der Waals surface area contributed by atoms with Gasteiger partial charge in [0.1, 0.15) is 0 Å². The maximum absolute atomic E-state index is 10.5. The number of hydrogen-bond acceptors (Lipinski definition) is 4. The summed E-state index contributed by atoms with van der Waals surface area (Å²) in [6, 6.07) is 2.95. The molecule has 3 N–H and O–H groups in total. The maximum Gasteiger partial charge on any atom is 0.305 e. The number of furan rings is 1. The molecule has 78 valence electrons. The van der Waals surface area contributed by atoms with E-state index in [0.717, 1.165) is 5.39 Å². The second kappa shape index (κ2) is 3.70. The molecule has 5 nitrogen and oxygen atoms in total. The highest BCUT2D eigenvalue weighted by Gasteiger charge is 2.12. The average molecular weight is 206 g/mol. The smallest absolute Gasteiger partial charge is 0.305 e. The molecule has 0 fully saturated rings. The van der Waals surface area contributed by atoms with Gasteiger partial charge in [-0.1, -0.05) is 0 Å². The lowest BCUT2D eigenvalue weighted by molar-refractivity contribution is -0.137. The van der Waals surface area contributed by atoms with E-state index in [4.69, 9.17) is 15.3 Å². The van der Waals surface area contributed by atoms with Crippen LogP contribution in [-0.4, -0.2) is 16.1 Å². The molecule has 1 atom stereocenters. The number of pyridine rings is 1. The predicted octanol–water partition coefficient (Wildman–Crippen LogP) is 1.30. The molecule has 15 heavy (non-hydrogen) atoms. The van der Waals surface area contributed by atoms with Crippen molar-refractivity contribution in [2.75, 3.05) is 0 Å². The summed E-state index contributed by atoms with van der Waals surface area (Å²) in [5.74, 6) is -0.934. The normalized spacial score (nSPS) is 12.9. The lowest BCUT2D eigenvalue weighted by atomic mass is 10.1. The zero-order valence-electron chi connectivity index (χ0n) is 7.88. The Morgan fingerprint density at radius 2 is 2.47 bits per heavy atom. The molecule has 0 aliphatic carbocycles. The largest absolute Gasteiger partial charge is 0.481 e. The Hall–Kier alpha value is -1.88. The summed E-state index contributed by atoms with van der Waals surface area (Å²) in [4.78, 5) is 14.5. The second-order valence-corrected chi connectivity index (χ2v) is 3.27. The number of carboxylic acid groups (broad SMARTS) is 1. The molecule has 0 saturated heterocycles. The minimum Gasteiger partial charge on any atom is -0.481 e. The Morgan fingerprint density at radius 1 is 1.67 bits per heavy atom. The minimum absolute atomic E-state index is 0.129. The van der Waals surface area contributed by atoms with E-state index in [1.807, 2.05) is 0 Å². The fourth-order valence-electron chi connectivity index (χ4n) is 1.38. The van der Waals surface area contributed by atoms with Gasteiger partial charge in [-0.2, -0.15) is 0 Å². The quantitative estimate of drug-likeness (QED) is 0.790. The molecule has 0 spiro atoms. The van der Waals surface area contributed by atoms with Gasteiger partial charge in [-0.3, -0.25) is 9.78 Å². The van der Waals surface area contributed by atoms with E-state index in [2.05, 4.69) is 4.98 Å². The summed E-state index contributed by atoms with van der Waals surface area (Å²) in [6.45, 7) is 0. The summed E-state index contributed by atoms with van der Waals surface area (Å²) in [5, 5.41) is 9.47. The van der Waals surface area contributed by atoms with Gasteiger partial charge in [-0.25, -0.2) is 0 Å². The number of fused-ring (bicyclic) bond motifs is 1. The molecule has 0 aliphatic heterocycles. The predicted molar refractivity (Wildman–Crippen MR) is 53.2 cm³/mol. The van der Waals surface area contributed by atoms with Crippen LogP contribution in [0.5, 0.6) is 0 Å². The van der Waals surface area contributed by atoms with Crippen molar-refractivity contribution >= 4 is 16.9 Å². The molecule has 0 aromatic carbocycles. The summed E-state index contributed by atoms with van der Waals surface area (Å²) in [7, 11) is 0. The zero-order chi connectivity index (χ0) is 10.8. The Labute approximate surface area is 85.5 Å². The third kappa shape index (κ3) is 1.97. The summed E-state index contributed by atoms with van der Waals surface area (Å²) < 4.78 is 5.11. The van der Waals surface area contributed by atoms with Gasteiger partial charge in [0.25, 0.3) is 0 Å². The number of nitrogens with two attached hydrogens (primary N) is 1. The molecule has 2 aromatic rings. The minimum atomic E-state index is -0.934. The number of carboxylic acids is 1. The fraction of sp³-hybridized carbons (Fsp3) is 0.200. The van der Waals surface area contributed by atoms with Crippen molar-refractivity contribution in [1.82, 2.24) is 4.98 Å². The third-order valence-electron chi connectivity index (χ3n) is 2.14. The van der Waals surface area contributed by atoms with Crippen molar-refractivity contribution in [3.63, 3.8) is 0 Å². The number of hydrogen-bond donors (Lipinski definition) is 2. The Morgan fingerprint density at radius 3 is 3.20 bits per heavy atom. The zero-order valence-corrected chi connectivity index (χ0v) is 7.88. The molecule has 0 bridgehead atoms. The standard InChI is InChI=1S/C10H10N2O3/c11-7(4-10(13)14)8-3-6-1-2-15-9(6)5-12-8/h1-3,5,7H,4,11H2,(H,13,14). The van der Waals surface area contributed by atoms with Crippen molar-refractivity contribution in [3.8, 4) is 0 Å². The Bertz CT molecular complexity index is 492. The number of aliphatic carboxylic acids is 1. The van der Waals surface area contributed by atoms with Gasteiger partial charge >= 0.3 is 5.97 Å². The van der Waals surface area contributed by atoms with Crippen molar-refractivity contribution in [3.05, 3.63) is 30.3 Å². The molecular formula is C10H10N2O3. The first-order valence-corrected chi connectivity index (χ1v) is 4.47. The van der Waals surface area contributed by atoms with Gasteiger partial charge in [0.2, 0.25) is 0 Å². The molecule has 5 heteroatoms. The highest BCUT2D eigenvalue weighted by atomic mass is 16.4. The molecule has 2 heterocycles. The van der Waals surface area contributed by atoms with Crippen LogP contribution in [0.15, 0.2) is 29.0 Å². The van der Waals surface area contributed by atoms with Crippen LogP contribution >= 0.6 is 0 Å². The van der Waals surface area contributed by atoms with Gasteiger partial charge in [-0.05, 0) is 12.1 Å². The molecule has 2 aromatic heterocycles. The highest BCUT2D eigenvalue weighted by molar-refractivity contribution is 5.76. The summed E-state index contributed by atoms with van der Waals surface area (Å²) in [5.41, 5.74) is 6.91. The van der Waals surface area contributed by atoms with E-state index < -0.39 is 12.0 Å². The molecule has 0 radical (unpaired) electrons. The van der Waals surface area contributed by atoms with E-state index in [9.17, 15) is 4.79 Å². The van der Waals surface area contributed by atoms with Crippen molar-refractivity contribution in [1.29, 1.82) is 0 Å². The van der Waals surface area contributed by atoms with E-state index in [1.165, 1.54) is 0 Å². The van der Waals surface area contributed by atoms with Crippen LogP contribution in [0.2, 0.25) is 0 Å². The maximum atomic E-state index is 10.5. The number of aromatic nitrogens is 1. The van der Waals surface area contributed by atoms with Crippen LogP contribution in [0.25, 0.3) is 11.0 Å². The second-order valence-electron chi connectivity index (χ2n) is 3.27. The molecule has 0 amide bonds. The van der Waals surface area contributed by atoms with Crippen molar-refractivity contribution < 1.29 is 14.3 Å². The van der Waals surface area contributed by atoms with E-state index in [0.29, 0.717) is 11.3 Å². The van der Waals surface area contributed by atoms with Crippen molar-refractivity contribution in [2.45, 2.75) is 12.5 Å². The van der Waals surface area contributed by atoms with Gasteiger partial charge < -0.3 is 15.3 Å². The first kappa shape index (κ1) is 9.67. The molecule has 0 saturated carbocycles. The van der Waals surface area contributed by atoms with Crippen molar-refractivity contribution in [2.24, 2.45) is 5.73 Å². The first-order chi connectivity index (χ1) is 7.16. The molecule has 1 unspecified atom stereocenters. The van der Waals surface area contributed by atoms with E-state index in [1.54, 1.807) is 24.6 Å². The summed E-state index contributed by atoms with van der Waals surface area (Å²) in [6.07, 6.45) is 2.97. The van der Waals surface area contributed by atoms with Gasteiger partial charge in [-0.15, -0.1) is 0 Å². The number of nitrogens with zero attached hydrogens (tertiary/aromatic N) is 1. The topological polar surface area (TPSA) is 89.4 Å². The fourth-order valence-corrected chi connectivity index (χ4v) is 1.38. The van der Waals surface area contributed by atoms with Crippen LogP contribution < -0.4 is 5.73 Å². The number of carbonyl (C=O) groups is 1. The van der Waals surface area contributed by atoms with Crippen LogP contribution in [0.1, 0.15) is 18.2 Å². The van der Waals surface area contributed by atoms with E-state index in [-0.39, 0.29) is 6.42 Å². The first-order valence-electron chi connectivity index (χ1n) is 4.47. The molecule has 2 rings (SSSR count). The van der Waals surface area contributed by atoms with E-state index >= 15 is 0 Å². The molecule has 0 aliphatic rings. The monoisotopic (exact) mass is 206 g/mol. The summed E-state index contributed by atoms with van der Waals surface area (Å²) >= 11 is 0. The van der Waals surface area contributed by atoms with Crippen LogP contribution in [0.3, 0.4) is 0 Å². The molecular weight excluding hydrogens is 196 g/mol. The van der Waals surface area contributed by atoms with Gasteiger partial charge in [0, 0.05) is 5.39 Å². The Balaban J connectivity index is 2.30. The highest BCUT2D eigenvalue weighted by Crippen LogP contribution is 2.19. The van der Waals surface area contributed by atoms with Gasteiger partial charge in [0.15, 0.2) is 5.58 Å². The third-order valence-corrected chi connectivity index (χ3v) is 2.14. The lowest BCUT2D eigenvalue weighted by Gasteiger charge is -2.07. The number of rotatable bonds is 3. The Kier molecular flexibility index (Phi) is 2.39. The van der Waals surface area contributed by atoms with Crippen LogP contribution in [0, 0.1) is 0 Å². The SMILES string of the molecule is NC(CC(=O)O)c1cc2ccoc2cn1. The average Bonchev–Trinajstić information content (AvgIpc) is 2.62.